The number of nitrogens with two attached hydrogens (primary N) is 1. The molecule has 0 aliphatic carbocycles. The maximum absolute atomic E-state index is 5.97. The number of anilines is 1. The zero-order chi connectivity index (χ0) is 11.1. The molecular formula is C12H17N3. The molecule has 0 radical (unpaired) electrons. The van der Waals surface area contributed by atoms with Crippen LogP contribution in [0.1, 0.15) is 27.2 Å². The average Bonchev–Trinajstić information content (AvgIpc) is 2.58. The third-order valence-corrected chi connectivity index (χ3v) is 3.15. The highest BCUT2D eigenvalue weighted by molar-refractivity contribution is 5.91. The molecule has 0 bridgehead atoms. The Balaban J connectivity index is 2.72. The first kappa shape index (κ1) is 10.0. The number of aromatic nitrogens is 2. The van der Waals surface area contributed by atoms with Gasteiger partial charge in [0.25, 0.3) is 0 Å². The largest absolute Gasteiger partial charge is 0.397 e. The van der Waals surface area contributed by atoms with Gasteiger partial charge in [0.15, 0.2) is 0 Å². The van der Waals surface area contributed by atoms with Crippen LogP contribution in [0.4, 0.5) is 5.69 Å². The second kappa shape index (κ2) is 3.26. The summed E-state index contributed by atoms with van der Waals surface area (Å²) >= 11 is 0. The van der Waals surface area contributed by atoms with E-state index >= 15 is 0 Å². The molecule has 3 heteroatoms. The summed E-state index contributed by atoms with van der Waals surface area (Å²) in [5.41, 5.74) is 8.03. The van der Waals surface area contributed by atoms with Crippen LogP contribution < -0.4 is 5.73 Å². The first-order valence-electron chi connectivity index (χ1n) is 5.27. The molecular weight excluding hydrogens is 186 g/mol. The molecule has 0 aliphatic heterocycles. The SMILES string of the molecule is CCC(C)(C)n1cc(N)c2cnccc21. The fourth-order valence-electron chi connectivity index (χ4n) is 1.77. The minimum Gasteiger partial charge on any atom is -0.397 e. The Bertz CT molecular complexity index is 483. The van der Waals surface area contributed by atoms with Gasteiger partial charge in [0.2, 0.25) is 0 Å². The van der Waals surface area contributed by atoms with E-state index in [4.69, 9.17) is 5.73 Å². The zero-order valence-corrected chi connectivity index (χ0v) is 9.49. The summed E-state index contributed by atoms with van der Waals surface area (Å²) in [6, 6.07) is 2.02. The summed E-state index contributed by atoms with van der Waals surface area (Å²) in [6.07, 6.45) is 6.71. The molecule has 0 unspecified atom stereocenters. The molecule has 0 saturated carbocycles. The second-order valence-electron chi connectivity index (χ2n) is 4.51. The Labute approximate surface area is 89.9 Å². The third kappa shape index (κ3) is 1.48. The van der Waals surface area contributed by atoms with Crippen molar-refractivity contribution in [3.05, 3.63) is 24.7 Å². The molecule has 2 aromatic heterocycles. The third-order valence-electron chi connectivity index (χ3n) is 3.15. The summed E-state index contributed by atoms with van der Waals surface area (Å²) in [5.74, 6) is 0. The van der Waals surface area contributed by atoms with E-state index < -0.39 is 0 Å². The summed E-state index contributed by atoms with van der Waals surface area (Å²) in [6.45, 7) is 6.61. The number of hydrogen-bond acceptors (Lipinski definition) is 2. The van der Waals surface area contributed by atoms with Gasteiger partial charge < -0.3 is 10.3 Å². The predicted octanol–water partition coefficient (Wildman–Crippen LogP) is 2.76. The molecule has 2 rings (SSSR count). The van der Waals surface area contributed by atoms with Crippen LogP contribution in [0.5, 0.6) is 0 Å². The van der Waals surface area contributed by atoms with Crippen molar-refractivity contribution >= 4 is 16.6 Å². The molecule has 0 saturated heterocycles. The fraction of sp³-hybridized carbons (Fsp3) is 0.417. The van der Waals surface area contributed by atoms with E-state index in [1.807, 2.05) is 24.7 Å². The molecule has 0 amide bonds. The molecule has 0 atom stereocenters. The van der Waals surface area contributed by atoms with E-state index in [1.54, 1.807) is 0 Å². The molecule has 2 heterocycles. The average molecular weight is 203 g/mol. The molecule has 2 N–H and O–H groups in total. The number of pyridine rings is 1. The molecule has 0 spiro atoms. The number of fused-ring (bicyclic) bond motifs is 1. The van der Waals surface area contributed by atoms with Crippen molar-refractivity contribution < 1.29 is 0 Å². The van der Waals surface area contributed by atoms with Crippen molar-refractivity contribution in [2.45, 2.75) is 32.7 Å². The number of nitrogen functional groups attached to an aromatic ring is 1. The minimum absolute atomic E-state index is 0.0945. The van der Waals surface area contributed by atoms with Crippen molar-refractivity contribution in [3.8, 4) is 0 Å². The Morgan fingerprint density at radius 3 is 2.87 bits per heavy atom. The van der Waals surface area contributed by atoms with Crippen molar-refractivity contribution in [3.63, 3.8) is 0 Å². The van der Waals surface area contributed by atoms with Crippen molar-refractivity contribution in [2.24, 2.45) is 0 Å². The summed E-state index contributed by atoms with van der Waals surface area (Å²) in [4.78, 5) is 4.10. The lowest BCUT2D eigenvalue weighted by atomic mass is 10.0. The first-order chi connectivity index (χ1) is 7.06. The number of rotatable bonds is 2. The monoisotopic (exact) mass is 203 g/mol. The van der Waals surface area contributed by atoms with Crippen LogP contribution in [0.15, 0.2) is 24.7 Å². The van der Waals surface area contributed by atoms with E-state index in [9.17, 15) is 0 Å². The van der Waals surface area contributed by atoms with Crippen molar-refractivity contribution in [1.82, 2.24) is 9.55 Å². The van der Waals surface area contributed by atoms with E-state index in [0.29, 0.717) is 0 Å². The van der Waals surface area contributed by atoms with Gasteiger partial charge in [0, 0.05) is 29.5 Å². The topological polar surface area (TPSA) is 43.8 Å². The normalized spacial score (nSPS) is 12.2. The second-order valence-corrected chi connectivity index (χ2v) is 4.51. The lowest BCUT2D eigenvalue weighted by Gasteiger charge is -2.26. The van der Waals surface area contributed by atoms with Gasteiger partial charge >= 0.3 is 0 Å². The van der Waals surface area contributed by atoms with E-state index in [2.05, 4.69) is 30.3 Å². The zero-order valence-electron chi connectivity index (χ0n) is 9.49. The van der Waals surface area contributed by atoms with Gasteiger partial charge in [-0.3, -0.25) is 4.98 Å². The Morgan fingerprint density at radius 2 is 2.20 bits per heavy atom. The van der Waals surface area contributed by atoms with Crippen LogP contribution in [0.25, 0.3) is 10.9 Å². The Morgan fingerprint density at radius 1 is 1.47 bits per heavy atom. The standard InChI is InChI=1S/C12H17N3/c1-4-12(2,3)15-8-10(13)9-7-14-6-5-11(9)15/h5-8H,4,13H2,1-3H3. The van der Waals surface area contributed by atoms with Crippen LogP contribution in [-0.4, -0.2) is 9.55 Å². The van der Waals surface area contributed by atoms with Gasteiger partial charge in [-0.25, -0.2) is 0 Å². The fourth-order valence-corrected chi connectivity index (χ4v) is 1.77. The summed E-state index contributed by atoms with van der Waals surface area (Å²) < 4.78 is 2.24. The number of hydrogen-bond donors (Lipinski definition) is 1. The van der Waals surface area contributed by atoms with Gasteiger partial charge in [-0.15, -0.1) is 0 Å². The van der Waals surface area contributed by atoms with E-state index in [-0.39, 0.29) is 5.54 Å². The highest BCUT2D eigenvalue weighted by Gasteiger charge is 2.20. The van der Waals surface area contributed by atoms with Crippen molar-refractivity contribution in [2.75, 3.05) is 5.73 Å². The van der Waals surface area contributed by atoms with Crippen LogP contribution >= 0.6 is 0 Å². The molecule has 0 aromatic carbocycles. The van der Waals surface area contributed by atoms with E-state index in [0.717, 1.165) is 23.0 Å². The lowest BCUT2D eigenvalue weighted by Crippen LogP contribution is -2.24. The molecule has 80 valence electrons. The van der Waals surface area contributed by atoms with Crippen LogP contribution in [-0.2, 0) is 5.54 Å². The molecule has 2 aromatic rings. The Kier molecular flexibility index (Phi) is 2.18. The highest BCUT2D eigenvalue weighted by atomic mass is 15.1. The van der Waals surface area contributed by atoms with Gasteiger partial charge in [0.05, 0.1) is 11.2 Å². The van der Waals surface area contributed by atoms with Gasteiger partial charge in [-0.05, 0) is 26.3 Å². The molecule has 0 aliphatic rings. The summed E-state index contributed by atoms with van der Waals surface area (Å²) in [7, 11) is 0. The smallest absolute Gasteiger partial charge is 0.0589 e. The maximum Gasteiger partial charge on any atom is 0.0589 e. The maximum atomic E-state index is 5.97. The lowest BCUT2D eigenvalue weighted by molar-refractivity contribution is 0.354. The minimum atomic E-state index is 0.0945. The summed E-state index contributed by atoms with van der Waals surface area (Å²) in [5, 5.41) is 1.04. The van der Waals surface area contributed by atoms with E-state index in [1.165, 1.54) is 0 Å². The van der Waals surface area contributed by atoms with Crippen LogP contribution in [0.2, 0.25) is 0 Å². The van der Waals surface area contributed by atoms with Gasteiger partial charge in [-0.1, -0.05) is 6.92 Å². The van der Waals surface area contributed by atoms with Crippen LogP contribution in [0.3, 0.4) is 0 Å². The Hall–Kier alpha value is -1.51. The molecule has 0 fully saturated rings. The first-order valence-corrected chi connectivity index (χ1v) is 5.27. The number of nitrogens with zero attached hydrogens (tertiary/aromatic N) is 2. The van der Waals surface area contributed by atoms with Gasteiger partial charge in [-0.2, -0.15) is 0 Å². The quantitative estimate of drug-likeness (QED) is 0.815. The van der Waals surface area contributed by atoms with Gasteiger partial charge in [0.1, 0.15) is 0 Å². The molecule has 3 nitrogen and oxygen atoms in total. The molecule has 15 heavy (non-hydrogen) atoms. The van der Waals surface area contributed by atoms with Crippen LogP contribution in [0, 0.1) is 0 Å². The highest BCUT2D eigenvalue weighted by Crippen LogP contribution is 2.30. The predicted molar refractivity (Wildman–Crippen MR) is 63.8 cm³/mol. The van der Waals surface area contributed by atoms with Crippen molar-refractivity contribution in [1.29, 1.82) is 0 Å².